The lowest BCUT2D eigenvalue weighted by Crippen LogP contribution is -2.39. The van der Waals surface area contributed by atoms with Gasteiger partial charge in [-0.2, -0.15) is 0 Å². The number of carbonyl (C=O) groups excluding carboxylic acids is 1. The monoisotopic (exact) mass is 328 g/mol. The van der Waals surface area contributed by atoms with Gasteiger partial charge in [0.2, 0.25) is 5.91 Å². The van der Waals surface area contributed by atoms with Crippen molar-refractivity contribution >= 4 is 18.3 Å². The molecule has 0 radical (unpaired) electrons. The summed E-state index contributed by atoms with van der Waals surface area (Å²) in [6, 6.07) is 7.99. The number of halogens is 1. The fraction of sp³-hybridized carbons (Fsp3) is 0.588. The second-order valence-electron chi connectivity index (χ2n) is 6.51. The molecule has 5 heteroatoms. The molecule has 126 valence electrons. The van der Waals surface area contributed by atoms with E-state index in [-0.39, 0.29) is 23.7 Å². The van der Waals surface area contributed by atoms with E-state index in [0.29, 0.717) is 13.0 Å². The van der Waals surface area contributed by atoms with E-state index >= 15 is 0 Å². The predicted octanol–water partition coefficient (Wildman–Crippen LogP) is 2.88. The van der Waals surface area contributed by atoms with Crippen LogP contribution in [0.1, 0.15) is 32.8 Å². The van der Waals surface area contributed by atoms with Crippen molar-refractivity contribution in [3.8, 4) is 5.75 Å². The molecule has 0 unspecified atom stereocenters. The number of nitrogens with zero attached hydrogens (tertiary/aromatic N) is 1. The van der Waals surface area contributed by atoms with Gasteiger partial charge < -0.3 is 15.4 Å². The summed E-state index contributed by atoms with van der Waals surface area (Å²) in [6.45, 7) is 8.31. The number of hydrogen-bond acceptors (Lipinski definition) is 3. The first-order chi connectivity index (χ1) is 9.85. The molecule has 0 aliphatic heterocycles. The normalized spacial score (nSPS) is 10.8. The van der Waals surface area contributed by atoms with Crippen LogP contribution in [0.2, 0.25) is 0 Å². The number of methoxy groups -OCH3 is 1. The molecule has 1 rings (SSSR count). The van der Waals surface area contributed by atoms with Crippen LogP contribution < -0.4 is 10.5 Å². The van der Waals surface area contributed by atoms with Gasteiger partial charge in [-0.1, -0.05) is 32.9 Å². The third-order valence-corrected chi connectivity index (χ3v) is 3.21. The minimum atomic E-state index is 0. The molecule has 0 atom stereocenters. The molecule has 0 spiro atoms. The van der Waals surface area contributed by atoms with Gasteiger partial charge in [-0.3, -0.25) is 4.79 Å². The fourth-order valence-electron chi connectivity index (χ4n) is 2.20. The van der Waals surface area contributed by atoms with Gasteiger partial charge in [-0.25, -0.2) is 0 Å². The van der Waals surface area contributed by atoms with Gasteiger partial charge in [0.25, 0.3) is 0 Å². The summed E-state index contributed by atoms with van der Waals surface area (Å²) in [4.78, 5) is 14.1. The Morgan fingerprint density at radius 3 is 2.27 bits per heavy atom. The first-order valence-corrected chi connectivity index (χ1v) is 7.46. The second-order valence-corrected chi connectivity index (χ2v) is 6.51. The Labute approximate surface area is 140 Å². The maximum Gasteiger partial charge on any atom is 0.223 e. The number of benzene rings is 1. The van der Waals surface area contributed by atoms with E-state index < -0.39 is 0 Å². The second kappa shape index (κ2) is 9.70. The molecule has 0 heterocycles. The first-order valence-electron chi connectivity index (χ1n) is 7.46. The topological polar surface area (TPSA) is 55.6 Å². The van der Waals surface area contributed by atoms with Crippen molar-refractivity contribution < 1.29 is 9.53 Å². The molecule has 0 saturated heterocycles. The van der Waals surface area contributed by atoms with Crippen LogP contribution in [0.5, 0.6) is 5.75 Å². The third kappa shape index (κ3) is 7.66. The predicted molar refractivity (Wildman–Crippen MR) is 93.7 cm³/mol. The fourth-order valence-corrected chi connectivity index (χ4v) is 2.20. The van der Waals surface area contributed by atoms with Crippen LogP contribution in [-0.4, -0.2) is 37.6 Å². The maximum absolute atomic E-state index is 12.2. The summed E-state index contributed by atoms with van der Waals surface area (Å²) < 4.78 is 5.15. The zero-order valence-electron chi connectivity index (χ0n) is 14.1. The Hall–Kier alpha value is -1.26. The number of nitrogens with two attached hydrogens (primary N) is 1. The average molecular weight is 329 g/mol. The molecule has 0 aliphatic rings. The first kappa shape index (κ1) is 20.7. The number of ether oxygens (including phenoxy) is 1. The molecule has 2 N–H and O–H groups in total. The SMILES string of the molecule is COc1ccc(CCN(CC(C)(C)C)C(=O)CCN)cc1.Cl. The number of carbonyl (C=O) groups is 1. The van der Waals surface area contributed by atoms with Gasteiger partial charge >= 0.3 is 0 Å². The van der Waals surface area contributed by atoms with Crippen molar-refractivity contribution in [3.05, 3.63) is 29.8 Å². The van der Waals surface area contributed by atoms with Gasteiger partial charge in [0.1, 0.15) is 5.75 Å². The molecular formula is C17H29ClN2O2. The summed E-state index contributed by atoms with van der Waals surface area (Å²) in [7, 11) is 1.66. The van der Waals surface area contributed by atoms with E-state index in [2.05, 4.69) is 20.8 Å². The van der Waals surface area contributed by atoms with Crippen LogP contribution in [-0.2, 0) is 11.2 Å². The number of rotatable bonds is 7. The van der Waals surface area contributed by atoms with Crippen LogP contribution >= 0.6 is 12.4 Å². The summed E-state index contributed by atoms with van der Waals surface area (Å²) in [6.07, 6.45) is 1.26. The lowest BCUT2D eigenvalue weighted by molar-refractivity contribution is -0.132. The van der Waals surface area contributed by atoms with Crippen molar-refractivity contribution in [2.24, 2.45) is 11.1 Å². The van der Waals surface area contributed by atoms with Crippen molar-refractivity contribution in [3.63, 3.8) is 0 Å². The standard InChI is InChI=1S/C17H28N2O2.ClH/c1-17(2,3)13-19(16(20)9-11-18)12-10-14-5-7-15(21-4)8-6-14;/h5-8H,9-13,18H2,1-4H3;1H. The van der Waals surface area contributed by atoms with E-state index in [0.717, 1.165) is 25.3 Å². The quantitative estimate of drug-likeness (QED) is 0.837. The average Bonchev–Trinajstić information content (AvgIpc) is 2.43. The molecule has 0 fully saturated rings. The van der Waals surface area contributed by atoms with Gasteiger partial charge in [-0.15, -0.1) is 12.4 Å². The highest BCUT2D eigenvalue weighted by atomic mass is 35.5. The molecule has 1 amide bonds. The van der Waals surface area contributed by atoms with Crippen molar-refractivity contribution in [2.75, 3.05) is 26.7 Å². The van der Waals surface area contributed by atoms with Crippen LogP contribution in [0.3, 0.4) is 0 Å². The van der Waals surface area contributed by atoms with Crippen LogP contribution in [0.4, 0.5) is 0 Å². The highest BCUT2D eigenvalue weighted by molar-refractivity contribution is 5.85. The molecular weight excluding hydrogens is 300 g/mol. The maximum atomic E-state index is 12.2. The number of amides is 1. The van der Waals surface area contributed by atoms with E-state index in [4.69, 9.17) is 10.5 Å². The molecule has 0 aliphatic carbocycles. The Morgan fingerprint density at radius 1 is 1.23 bits per heavy atom. The van der Waals surface area contributed by atoms with Gasteiger partial charge in [0, 0.05) is 26.1 Å². The van der Waals surface area contributed by atoms with Gasteiger partial charge in [0.15, 0.2) is 0 Å². The Bertz CT molecular complexity index is 441. The van der Waals surface area contributed by atoms with Crippen molar-refractivity contribution in [1.82, 2.24) is 4.90 Å². The van der Waals surface area contributed by atoms with E-state index in [9.17, 15) is 4.79 Å². The van der Waals surface area contributed by atoms with Crippen molar-refractivity contribution in [1.29, 1.82) is 0 Å². The highest BCUT2D eigenvalue weighted by Crippen LogP contribution is 2.17. The largest absolute Gasteiger partial charge is 0.497 e. The minimum absolute atomic E-state index is 0. The molecule has 0 aromatic heterocycles. The van der Waals surface area contributed by atoms with Crippen LogP contribution in [0, 0.1) is 5.41 Å². The smallest absolute Gasteiger partial charge is 0.223 e. The lowest BCUT2D eigenvalue weighted by atomic mass is 9.95. The molecule has 0 saturated carbocycles. The van der Waals surface area contributed by atoms with Crippen LogP contribution in [0.15, 0.2) is 24.3 Å². The van der Waals surface area contributed by atoms with E-state index in [1.807, 2.05) is 29.2 Å². The van der Waals surface area contributed by atoms with Crippen LogP contribution in [0.25, 0.3) is 0 Å². The minimum Gasteiger partial charge on any atom is -0.497 e. The van der Waals surface area contributed by atoms with E-state index in [1.165, 1.54) is 5.56 Å². The summed E-state index contributed by atoms with van der Waals surface area (Å²) >= 11 is 0. The zero-order chi connectivity index (χ0) is 15.9. The molecule has 4 nitrogen and oxygen atoms in total. The van der Waals surface area contributed by atoms with Gasteiger partial charge in [-0.05, 0) is 29.5 Å². The lowest BCUT2D eigenvalue weighted by Gasteiger charge is -2.30. The van der Waals surface area contributed by atoms with Crippen molar-refractivity contribution in [2.45, 2.75) is 33.6 Å². The number of hydrogen-bond donors (Lipinski definition) is 1. The molecule has 1 aromatic rings. The highest BCUT2D eigenvalue weighted by Gasteiger charge is 2.20. The molecule has 0 bridgehead atoms. The molecule has 22 heavy (non-hydrogen) atoms. The Kier molecular flexibility index (Phi) is 9.14. The zero-order valence-corrected chi connectivity index (χ0v) is 14.9. The van der Waals surface area contributed by atoms with E-state index in [1.54, 1.807) is 7.11 Å². The molecule has 1 aromatic carbocycles. The summed E-state index contributed by atoms with van der Waals surface area (Å²) in [5.41, 5.74) is 6.80. The Morgan fingerprint density at radius 2 is 1.82 bits per heavy atom. The summed E-state index contributed by atoms with van der Waals surface area (Å²) in [5.74, 6) is 0.991. The Balaban J connectivity index is 0.00000441. The van der Waals surface area contributed by atoms with Gasteiger partial charge in [0.05, 0.1) is 7.11 Å². The summed E-state index contributed by atoms with van der Waals surface area (Å²) in [5, 5.41) is 0. The third-order valence-electron chi connectivity index (χ3n) is 3.21.